The molecule has 3 heterocycles. The molecule has 0 saturated heterocycles. The third-order valence-corrected chi connectivity index (χ3v) is 4.97. The summed E-state index contributed by atoms with van der Waals surface area (Å²) in [5.41, 5.74) is 2.90. The number of hydrogen-bond donors (Lipinski definition) is 3. The Bertz CT molecular complexity index is 1150. The first-order valence-corrected chi connectivity index (χ1v) is 9.66. The Hall–Kier alpha value is -3.85. The normalized spacial score (nSPS) is 13.4. The van der Waals surface area contributed by atoms with Gasteiger partial charge in [0.25, 0.3) is 5.91 Å². The van der Waals surface area contributed by atoms with Gasteiger partial charge in [0.2, 0.25) is 5.95 Å². The average Bonchev–Trinajstić information content (AvgIpc) is 2.73. The highest BCUT2D eigenvalue weighted by Crippen LogP contribution is 2.25. The summed E-state index contributed by atoms with van der Waals surface area (Å²) in [7, 11) is 2.06. The SMILES string of the molecule is C=Cc1cnc(Nc2cnc3c(c2)CN(C)CC3)nc1NC(=O)c1c(O)cccc1F. The number of halogens is 1. The molecule has 3 N–H and O–H groups in total. The lowest BCUT2D eigenvalue weighted by molar-refractivity contribution is 0.102. The molecule has 3 aromatic rings. The summed E-state index contributed by atoms with van der Waals surface area (Å²) in [6, 6.07) is 5.64. The topological polar surface area (TPSA) is 103 Å². The van der Waals surface area contributed by atoms with Crippen LogP contribution in [0, 0.1) is 5.82 Å². The molecule has 1 aromatic carbocycles. The van der Waals surface area contributed by atoms with Crippen LogP contribution in [0.15, 0.2) is 43.2 Å². The summed E-state index contributed by atoms with van der Waals surface area (Å²) < 4.78 is 14.0. The van der Waals surface area contributed by atoms with Crippen LogP contribution in [0.4, 0.5) is 21.8 Å². The predicted molar refractivity (Wildman–Crippen MR) is 116 cm³/mol. The van der Waals surface area contributed by atoms with Gasteiger partial charge in [0, 0.05) is 37.0 Å². The average molecular weight is 420 g/mol. The first-order valence-electron chi connectivity index (χ1n) is 9.66. The highest BCUT2D eigenvalue weighted by atomic mass is 19.1. The molecule has 31 heavy (non-hydrogen) atoms. The number of nitrogens with one attached hydrogen (secondary N) is 2. The Morgan fingerprint density at radius 3 is 2.94 bits per heavy atom. The van der Waals surface area contributed by atoms with E-state index in [1.807, 2.05) is 6.07 Å². The largest absolute Gasteiger partial charge is 0.507 e. The van der Waals surface area contributed by atoms with Crippen LogP contribution in [0.2, 0.25) is 0 Å². The Labute approximate surface area is 178 Å². The predicted octanol–water partition coefficient (Wildman–Crippen LogP) is 3.34. The van der Waals surface area contributed by atoms with E-state index in [9.17, 15) is 14.3 Å². The van der Waals surface area contributed by atoms with Crippen molar-refractivity contribution in [1.82, 2.24) is 19.9 Å². The summed E-state index contributed by atoms with van der Waals surface area (Å²) in [4.78, 5) is 27.8. The molecule has 0 radical (unpaired) electrons. The molecule has 9 heteroatoms. The number of phenolic OH excluding ortho intramolecular Hbond substituents is 1. The smallest absolute Gasteiger partial charge is 0.263 e. The van der Waals surface area contributed by atoms with Gasteiger partial charge in [-0.05, 0) is 30.8 Å². The maximum atomic E-state index is 14.0. The molecule has 1 amide bonds. The maximum Gasteiger partial charge on any atom is 0.263 e. The van der Waals surface area contributed by atoms with Crippen LogP contribution in [-0.2, 0) is 13.0 Å². The maximum absolute atomic E-state index is 14.0. The number of pyridine rings is 1. The van der Waals surface area contributed by atoms with Crippen LogP contribution < -0.4 is 10.6 Å². The lowest BCUT2D eigenvalue weighted by Crippen LogP contribution is -2.27. The molecule has 0 atom stereocenters. The second-order valence-corrected chi connectivity index (χ2v) is 7.23. The fourth-order valence-electron chi connectivity index (χ4n) is 3.37. The second-order valence-electron chi connectivity index (χ2n) is 7.23. The zero-order chi connectivity index (χ0) is 22.0. The standard InChI is InChI=1S/C22H21FN6O2/c1-3-13-10-25-22(26-15-9-14-12-29(2)8-7-17(14)24-11-15)28-20(13)27-21(31)19-16(23)5-4-6-18(19)30/h3-6,9-11,30H,1,7-8,12H2,2H3,(H2,25,26,27,28,31). The van der Waals surface area contributed by atoms with Crippen molar-refractivity contribution in [3.63, 3.8) is 0 Å². The Kier molecular flexibility index (Phi) is 5.59. The van der Waals surface area contributed by atoms with E-state index in [0.717, 1.165) is 36.8 Å². The Morgan fingerprint density at radius 1 is 1.32 bits per heavy atom. The number of aromatic hydroxyl groups is 1. The van der Waals surface area contributed by atoms with Crippen LogP contribution in [0.5, 0.6) is 5.75 Å². The minimum absolute atomic E-state index is 0.130. The second kappa shape index (κ2) is 8.49. The van der Waals surface area contributed by atoms with E-state index in [-0.39, 0.29) is 11.8 Å². The minimum Gasteiger partial charge on any atom is -0.507 e. The van der Waals surface area contributed by atoms with E-state index in [1.165, 1.54) is 24.4 Å². The van der Waals surface area contributed by atoms with Gasteiger partial charge in [0.05, 0.1) is 11.9 Å². The summed E-state index contributed by atoms with van der Waals surface area (Å²) in [6.45, 7) is 5.46. The van der Waals surface area contributed by atoms with Crippen LogP contribution >= 0.6 is 0 Å². The number of benzene rings is 1. The van der Waals surface area contributed by atoms with E-state index in [0.29, 0.717) is 11.3 Å². The quantitative estimate of drug-likeness (QED) is 0.582. The van der Waals surface area contributed by atoms with Gasteiger partial charge < -0.3 is 20.6 Å². The minimum atomic E-state index is -0.838. The van der Waals surface area contributed by atoms with Crippen molar-refractivity contribution < 1.29 is 14.3 Å². The number of likely N-dealkylation sites (N-methyl/N-ethyl adjacent to an activating group) is 1. The zero-order valence-electron chi connectivity index (χ0n) is 16.9. The van der Waals surface area contributed by atoms with Crippen LogP contribution in [0.3, 0.4) is 0 Å². The molecule has 2 aromatic heterocycles. The molecule has 1 aliphatic rings. The number of hydrogen-bond acceptors (Lipinski definition) is 7. The molecule has 0 unspecified atom stereocenters. The number of carbonyl (C=O) groups is 1. The molecule has 158 valence electrons. The third kappa shape index (κ3) is 4.36. The fourth-order valence-corrected chi connectivity index (χ4v) is 3.37. The van der Waals surface area contributed by atoms with Crippen LogP contribution in [0.1, 0.15) is 27.2 Å². The first kappa shape index (κ1) is 20.4. The van der Waals surface area contributed by atoms with E-state index >= 15 is 0 Å². The van der Waals surface area contributed by atoms with Crippen molar-refractivity contribution in [3.05, 3.63) is 71.4 Å². The number of nitrogens with zero attached hydrogens (tertiary/aromatic N) is 4. The highest BCUT2D eigenvalue weighted by Gasteiger charge is 2.19. The van der Waals surface area contributed by atoms with E-state index in [2.05, 4.69) is 44.1 Å². The highest BCUT2D eigenvalue weighted by molar-refractivity contribution is 6.06. The molecular weight excluding hydrogens is 399 g/mol. The Morgan fingerprint density at radius 2 is 2.16 bits per heavy atom. The fraction of sp³-hybridized carbons (Fsp3) is 0.182. The van der Waals surface area contributed by atoms with E-state index < -0.39 is 23.0 Å². The summed E-state index contributed by atoms with van der Waals surface area (Å²) in [5, 5.41) is 15.5. The van der Waals surface area contributed by atoms with Crippen molar-refractivity contribution in [1.29, 1.82) is 0 Å². The number of phenols is 1. The van der Waals surface area contributed by atoms with Gasteiger partial charge in [0.1, 0.15) is 22.9 Å². The number of anilines is 3. The molecule has 0 aliphatic carbocycles. The number of carbonyl (C=O) groups excluding carboxylic acids is 1. The number of fused-ring (bicyclic) bond motifs is 1. The molecule has 0 bridgehead atoms. The summed E-state index contributed by atoms with van der Waals surface area (Å²) in [5.74, 6) is -1.78. The molecular formula is C22H21FN6O2. The van der Waals surface area contributed by atoms with E-state index in [1.54, 1.807) is 6.20 Å². The van der Waals surface area contributed by atoms with Gasteiger partial charge >= 0.3 is 0 Å². The molecule has 0 fully saturated rings. The van der Waals surface area contributed by atoms with Gasteiger partial charge in [-0.3, -0.25) is 9.78 Å². The van der Waals surface area contributed by atoms with Crippen molar-refractivity contribution in [2.24, 2.45) is 0 Å². The molecule has 1 aliphatic heterocycles. The third-order valence-electron chi connectivity index (χ3n) is 4.97. The summed E-state index contributed by atoms with van der Waals surface area (Å²) in [6.07, 6.45) is 5.57. The first-order chi connectivity index (χ1) is 14.9. The van der Waals surface area contributed by atoms with Crippen molar-refractivity contribution >= 4 is 29.4 Å². The lowest BCUT2D eigenvalue weighted by Gasteiger charge is -2.24. The van der Waals surface area contributed by atoms with E-state index in [4.69, 9.17) is 0 Å². The van der Waals surface area contributed by atoms with Gasteiger partial charge in [-0.1, -0.05) is 18.7 Å². The number of aromatic nitrogens is 3. The molecule has 0 spiro atoms. The van der Waals surface area contributed by atoms with Crippen molar-refractivity contribution in [3.8, 4) is 5.75 Å². The Balaban J connectivity index is 1.59. The number of rotatable bonds is 5. The summed E-state index contributed by atoms with van der Waals surface area (Å²) >= 11 is 0. The van der Waals surface area contributed by atoms with Crippen LogP contribution in [0.25, 0.3) is 6.08 Å². The van der Waals surface area contributed by atoms with Gasteiger partial charge in [-0.25, -0.2) is 9.37 Å². The van der Waals surface area contributed by atoms with Gasteiger partial charge in [-0.2, -0.15) is 4.98 Å². The van der Waals surface area contributed by atoms with Crippen molar-refractivity contribution in [2.45, 2.75) is 13.0 Å². The molecule has 4 rings (SSSR count). The van der Waals surface area contributed by atoms with Crippen LogP contribution in [-0.4, -0.2) is 44.5 Å². The van der Waals surface area contributed by atoms with Gasteiger partial charge in [-0.15, -0.1) is 0 Å². The number of amides is 1. The van der Waals surface area contributed by atoms with Gasteiger partial charge in [0.15, 0.2) is 0 Å². The monoisotopic (exact) mass is 420 g/mol. The zero-order valence-corrected chi connectivity index (χ0v) is 16.9. The molecule has 8 nitrogen and oxygen atoms in total. The lowest BCUT2D eigenvalue weighted by atomic mass is 10.1. The van der Waals surface area contributed by atoms with Crippen molar-refractivity contribution in [2.75, 3.05) is 24.2 Å². The molecule has 0 saturated carbocycles.